The molecular formula is C10H16N4O. The summed E-state index contributed by atoms with van der Waals surface area (Å²) in [6.07, 6.45) is 4.06. The van der Waals surface area contributed by atoms with Crippen LogP contribution >= 0.6 is 0 Å². The van der Waals surface area contributed by atoms with Crippen LogP contribution in [-0.4, -0.2) is 36.3 Å². The Morgan fingerprint density at radius 3 is 2.93 bits per heavy atom. The van der Waals surface area contributed by atoms with Gasteiger partial charge < -0.3 is 15.4 Å². The van der Waals surface area contributed by atoms with Gasteiger partial charge in [-0.25, -0.2) is 9.97 Å². The molecule has 0 unspecified atom stereocenters. The second kappa shape index (κ2) is 4.93. The van der Waals surface area contributed by atoms with Crippen LogP contribution in [-0.2, 0) is 4.74 Å². The molecule has 1 fully saturated rings. The Morgan fingerprint density at radius 2 is 2.20 bits per heavy atom. The van der Waals surface area contributed by atoms with Gasteiger partial charge in [0.15, 0.2) is 0 Å². The fourth-order valence-electron chi connectivity index (χ4n) is 1.25. The summed E-state index contributed by atoms with van der Waals surface area (Å²) < 4.78 is 4.95. The molecule has 0 amide bonds. The lowest BCUT2D eigenvalue weighted by Gasteiger charge is -2.07. The van der Waals surface area contributed by atoms with Crippen molar-refractivity contribution in [2.24, 2.45) is 0 Å². The summed E-state index contributed by atoms with van der Waals surface area (Å²) in [5.41, 5.74) is 0. The van der Waals surface area contributed by atoms with Crippen molar-refractivity contribution in [1.82, 2.24) is 9.97 Å². The van der Waals surface area contributed by atoms with Crippen LogP contribution in [0.25, 0.3) is 0 Å². The Hall–Kier alpha value is -1.36. The molecule has 2 rings (SSSR count). The van der Waals surface area contributed by atoms with Gasteiger partial charge in [-0.3, -0.25) is 0 Å². The van der Waals surface area contributed by atoms with Gasteiger partial charge in [-0.15, -0.1) is 0 Å². The maximum atomic E-state index is 4.95. The van der Waals surface area contributed by atoms with Crippen molar-refractivity contribution in [3.05, 3.63) is 12.4 Å². The van der Waals surface area contributed by atoms with E-state index in [1.54, 1.807) is 13.4 Å². The van der Waals surface area contributed by atoms with Gasteiger partial charge in [-0.2, -0.15) is 0 Å². The van der Waals surface area contributed by atoms with Crippen molar-refractivity contribution in [3.8, 4) is 0 Å². The Balaban J connectivity index is 1.86. The van der Waals surface area contributed by atoms with E-state index in [0.29, 0.717) is 12.6 Å². The Bertz CT molecular complexity index is 314. The summed E-state index contributed by atoms with van der Waals surface area (Å²) in [6.45, 7) is 1.44. The third-order valence-electron chi connectivity index (χ3n) is 2.21. The number of hydrogen-bond donors (Lipinski definition) is 2. The van der Waals surface area contributed by atoms with Crippen molar-refractivity contribution in [3.63, 3.8) is 0 Å². The standard InChI is InChI=1S/C10H16N4O/c1-15-5-4-11-9-6-10(13-7-12-9)14-8-2-3-8/h6-8H,2-5H2,1H3,(H2,11,12,13,14). The SMILES string of the molecule is COCCNc1cc(NC2CC2)ncn1. The minimum atomic E-state index is 0.617. The summed E-state index contributed by atoms with van der Waals surface area (Å²) >= 11 is 0. The summed E-state index contributed by atoms with van der Waals surface area (Å²) in [4.78, 5) is 8.28. The molecule has 0 spiro atoms. The molecule has 82 valence electrons. The molecule has 1 aromatic rings. The number of ether oxygens (including phenoxy) is 1. The van der Waals surface area contributed by atoms with Crippen LogP contribution in [0.4, 0.5) is 11.6 Å². The fourth-order valence-corrected chi connectivity index (χ4v) is 1.25. The summed E-state index contributed by atoms with van der Waals surface area (Å²) in [5, 5.41) is 6.49. The van der Waals surface area contributed by atoms with Crippen LogP contribution in [0.2, 0.25) is 0 Å². The Labute approximate surface area is 89.3 Å². The first-order valence-electron chi connectivity index (χ1n) is 5.20. The molecule has 0 aromatic carbocycles. The van der Waals surface area contributed by atoms with Crippen molar-refractivity contribution in [2.45, 2.75) is 18.9 Å². The van der Waals surface area contributed by atoms with Gasteiger partial charge in [0.2, 0.25) is 0 Å². The number of nitrogens with one attached hydrogen (secondary N) is 2. The number of hydrogen-bond acceptors (Lipinski definition) is 5. The van der Waals surface area contributed by atoms with Crippen LogP contribution in [0.1, 0.15) is 12.8 Å². The quantitative estimate of drug-likeness (QED) is 0.686. The van der Waals surface area contributed by atoms with Gasteiger partial charge in [0, 0.05) is 25.8 Å². The predicted octanol–water partition coefficient (Wildman–Crippen LogP) is 1.11. The largest absolute Gasteiger partial charge is 0.383 e. The van der Waals surface area contributed by atoms with Crippen molar-refractivity contribution in [2.75, 3.05) is 30.9 Å². The van der Waals surface area contributed by atoms with Gasteiger partial charge >= 0.3 is 0 Å². The molecule has 0 bridgehead atoms. The highest BCUT2D eigenvalue weighted by Gasteiger charge is 2.21. The minimum absolute atomic E-state index is 0.617. The molecule has 2 N–H and O–H groups in total. The van der Waals surface area contributed by atoms with Crippen molar-refractivity contribution in [1.29, 1.82) is 0 Å². The lowest BCUT2D eigenvalue weighted by Crippen LogP contribution is -2.10. The van der Waals surface area contributed by atoms with E-state index in [9.17, 15) is 0 Å². The zero-order valence-electron chi connectivity index (χ0n) is 8.86. The number of rotatable bonds is 6. The molecule has 0 radical (unpaired) electrons. The average molecular weight is 208 g/mol. The van der Waals surface area contributed by atoms with Crippen molar-refractivity contribution < 1.29 is 4.74 Å². The predicted molar refractivity (Wildman–Crippen MR) is 59.0 cm³/mol. The van der Waals surface area contributed by atoms with Gasteiger partial charge in [0.05, 0.1) is 6.61 Å². The Morgan fingerprint density at radius 1 is 1.40 bits per heavy atom. The highest BCUT2D eigenvalue weighted by molar-refractivity contribution is 5.47. The zero-order chi connectivity index (χ0) is 10.5. The molecule has 1 heterocycles. The first-order valence-corrected chi connectivity index (χ1v) is 5.20. The van der Waals surface area contributed by atoms with Gasteiger partial charge in [0.25, 0.3) is 0 Å². The molecule has 0 atom stereocenters. The van der Waals surface area contributed by atoms with E-state index in [-0.39, 0.29) is 0 Å². The first kappa shape index (κ1) is 10.2. The summed E-state index contributed by atoms with van der Waals surface area (Å²) in [6, 6.07) is 2.54. The average Bonchev–Trinajstić information content (AvgIpc) is 3.03. The maximum absolute atomic E-state index is 4.95. The maximum Gasteiger partial charge on any atom is 0.131 e. The highest BCUT2D eigenvalue weighted by Crippen LogP contribution is 2.23. The molecular weight excluding hydrogens is 192 g/mol. The van der Waals surface area contributed by atoms with E-state index in [4.69, 9.17) is 4.74 Å². The van der Waals surface area contributed by atoms with Gasteiger partial charge in [0.1, 0.15) is 18.0 Å². The summed E-state index contributed by atoms with van der Waals surface area (Å²) in [7, 11) is 1.68. The summed E-state index contributed by atoms with van der Waals surface area (Å²) in [5.74, 6) is 1.73. The first-order chi connectivity index (χ1) is 7.38. The fraction of sp³-hybridized carbons (Fsp3) is 0.600. The van der Waals surface area contributed by atoms with Gasteiger partial charge in [-0.1, -0.05) is 0 Å². The van der Waals surface area contributed by atoms with E-state index >= 15 is 0 Å². The van der Waals surface area contributed by atoms with E-state index in [1.165, 1.54) is 12.8 Å². The third-order valence-corrected chi connectivity index (χ3v) is 2.21. The number of methoxy groups -OCH3 is 1. The second-order valence-electron chi connectivity index (χ2n) is 3.63. The van der Waals surface area contributed by atoms with Gasteiger partial charge in [-0.05, 0) is 12.8 Å². The molecule has 0 aliphatic heterocycles. The number of aromatic nitrogens is 2. The third kappa shape index (κ3) is 3.36. The minimum Gasteiger partial charge on any atom is -0.383 e. The zero-order valence-corrected chi connectivity index (χ0v) is 8.86. The van der Waals surface area contributed by atoms with Crippen LogP contribution < -0.4 is 10.6 Å². The van der Waals surface area contributed by atoms with E-state index in [0.717, 1.165) is 18.2 Å². The molecule has 1 aliphatic carbocycles. The lowest BCUT2D eigenvalue weighted by molar-refractivity contribution is 0.210. The number of nitrogens with zero attached hydrogens (tertiary/aromatic N) is 2. The molecule has 5 nitrogen and oxygen atoms in total. The van der Waals surface area contributed by atoms with E-state index < -0.39 is 0 Å². The molecule has 0 saturated heterocycles. The normalized spacial score (nSPS) is 15.0. The van der Waals surface area contributed by atoms with E-state index in [1.807, 2.05) is 6.07 Å². The van der Waals surface area contributed by atoms with Crippen molar-refractivity contribution >= 4 is 11.6 Å². The second-order valence-corrected chi connectivity index (χ2v) is 3.63. The molecule has 1 aromatic heterocycles. The molecule has 1 aliphatic rings. The molecule has 5 heteroatoms. The van der Waals surface area contributed by atoms with Crippen LogP contribution in [0.15, 0.2) is 12.4 Å². The highest BCUT2D eigenvalue weighted by atomic mass is 16.5. The molecule has 1 saturated carbocycles. The smallest absolute Gasteiger partial charge is 0.131 e. The Kier molecular flexibility index (Phi) is 3.34. The van der Waals surface area contributed by atoms with E-state index in [2.05, 4.69) is 20.6 Å². The van der Waals surface area contributed by atoms with Crippen LogP contribution in [0.5, 0.6) is 0 Å². The van der Waals surface area contributed by atoms with Crippen LogP contribution in [0.3, 0.4) is 0 Å². The number of anilines is 2. The molecule has 15 heavy (non-hydrogen) atoms. The lowest BCUT2D eigenvalue weighted by atomic mass is 10.5. The topological polar surface area (TPSA) is 59.1 Å². The monoisotopic (exact) mass is 208 g/mol. The van der Waals surface area contributed by atoms with Crippen LogP contribution in [0, 0.1) is 0 Å².